The van der Waals surface area contributed by atoms with Crippen molar-refractivity contribution in [3.05, 3.63) is 65.0 Å². The van der Waals surface area contributed by atoms with E-state index in [1.165, 1.54) is 18.3 Å². The summed E-state index contributed by atoms with van der Waals surface area (Å²) in [5.74, 6) is -1.64. The van der Waals surface area contributed by atoms with Crippen molar-refractivity contribution in [2.45, 2.75) is 6.61 Å². The van der Waals surface area contributed by atoms with Crippen LogP contribution in [-0.2, 0) is 6.61 Å². The molecule has 0 radical (unpaired) electrons. The number of halogens is 3. The van der Waals surface area contributed by atoms with E-state index in [0.717, 1.165) is 24.3 Å². The van der Waals surface area contributed by atoms with Crippen molar-refractivity contribution in [3.63, 3.8) is 0 Å². The molecule has 0 aliphatic carbocycles. The third-order valence-corrected chi connectivity index (χ3v) is 2.84. The smallest absolute Gasteiger partial charge is 0.184 e. The zero-order valence-electron chi connectivity index (χ0n) is 11.7. The van der Waals surface area contributed by atoms with Gasteiger partial charge in [0.15, 0.2) is 5.11 Å². The zero-order valence-corrected chi connectivity index (χ0v) is 12.5. The van der Waals surface area contributed by atoms with E-state index in [1.54, 1.807) is 0 Å². The predicted molar refractivity (Wildman–Crippen MR) is 84.6 cm³/mol. The predicted octanol–water partition coefficient (Wildman–Crippen LogP) is 2.85. The Morgan fingerprint density at radius 2 is 1.87 bits per heavy atom. The van der Waals surface area contributed by atoms with E-state index in [9.17, 15) is 13.2 Å². The number of hydrogen-bond donors (Lipinski definition) is 2. The summed E-state index contributed by atoms with van der Waals surface area (Å²) < 4.78 is 45.4. The molecule has 4 nitrogen and oxygen atoms in total. The maximum Gasteiger partial charge on any atom is 0.184 e. The van der Waals surface area contributed by atoms with E-state index in [2.05, 4.69) is 22.7 Å². The SMILES string of the molecule is NC(=S)NN=Cc1ccc(F)cc1OCc1cc(F)ccc1F. The lowest BCUT2D eigenvalue weighted by atomic mass is 10.2. The summed E-state index contributed by atoms with van der Waals surface area (Å²) in [6.45, 7) is -0.267. The second kappa shape index (κ2) is 7.59. The number of nitrogens with one attached hydrogen (secondary N) is 1. The molecule has 3 N–H and O–H groups in total. The largest absolute Gasteiger partial charge is 0.488 e. The lowest BCUT2D eigenvalue weighted by Crippen LogP contribution is -2.24. The molecule has 0 amide bonds. The third kappa shape index (κ3) is 4.96. The summed E-state index contributed by atoms with van der Waals surface area (Å²) in [5.41, 5.74) is 7.99. The Bertz CT molecular complexity index is 753. The second-order valence-electron chi connectivity index (χ2n) is 4.44. The lowest BCUT2D eigenvalue weighted by Gasteiger charge is -2.10. The molecule has 0 aromatic heterocycles. The minimum Gasteiger partial charge on any atom is -0.488 e. The number of nitrogens with two attached hydrogens (primary N) is 1. The van der Waals surface area contributed by atoms with Gasteiger partial charge in [-0.2, -0.15) is 5.10 Å². The molecular weight excluding hydrogens is 327 g/mol. The molecular formula is C15H12F3N3OS. The van der Waals surface area contributed by atoms with Crippen molar-refractivity contribution < 1.29 is 17.9 Å². The van der Waals surface area contributed by atoms with E-state index in [0.29, 0.717) is 5.56 Å². The van der Waals surface area contributed by atoms with Crippen molar-refractivity contribution in [2.24, 2.45) is 10.8 Å². The topological polar surface area (TPSA) is 59.6 Å². The molecule has 0 spiro atoms. The average Bonchev–Trinajstić information content (AvgIpc) is 2.49. The normalized spacial score (nSPS) is 10.7. The van der Waals surface area contributed by atoms with Crippen LogP contribution in [-0.4, -0.2) is 11.3 Å². The number of nitrogens with zero attached hydrogens (tertiary/aromatic N) is 1. The van der Waals surface area contributed by atoms with Crippen molar-refractivity contribution in [3.8, 4) is 5.75 Å². The number of thiocarbonyl (C=S) groups is 1. The molecule has 23 heavy (non-hydrogen) atoms. The van der Waals surface area contributed by atoms with Gasteiger partial charge in [0.25, 0.3) is 0 Å². The number of benzene rings is 2. The van der Waals surface area contributed by atoms with Crippen LogP contribution in [0.3, 0.4) is 0 Å². The molecule has 2 rings (SSSR count). The van der Waals surface area contributed by atoms with Crippen LogP contribution >= 0.6 is 12.2 Å². The van der Waals surface area contributed by atoms with Crippen LogP contribution < -0.4 is 15.9 Å². The van der Waals surface area contributed by atoms with Crippen molar-refractivity contribution in [1.82, 2.24) is 5.43 Å². The summed E-state index contributed by atoms with van der Waals surface area (Å²) in [4.78, 5) is 0. The highest BCUT2D eigenvalue weighted by Crippen LogP contribution is 2.21. The fraction of sp³-hybridized carbons (Fsp3) is 0.0667. The molecule has 120 valence electrons. The van der Waals surface area contributed by atoms with Gasteiger partial charge in [-0.1, -0.05) is 0 Å². The molecule has 2 aromatic carbocycles. The van der Waals surface area contributed by atoms with Crippen LogP contribution in [0.1, 0.15) is 11.1 Å². The number of rotatable bonds is 5. The van der Waals surface area contributed by atoms with Crippen molar-refractivity contribution in [1.29, 1.82) is 0 Å². The van der Waals surface area contributed by atoms with Crippen LogP contribution in [0.25, 0.3) is 0 Å². The molecule has 0 fully saturated rings. The first kappa shape index (κ1) is 16.8. The Morgan fingerprint density at radius 3 is 2.61 bits per heavy atom. The van der Waals surface area contributed by atoms with Crippen molar-refractivity contribution in [2.75, 3.05) is 0 Å². The zero-order chi connectivity index (χ0) is 16.8. The molecule has 2 aromatic rings. The van der Waals surface area contributed by atoms with Gasteiger partial charge in [0.1, 0.15) is 29.8 Å². The maximum atomic E-state index is 13.6. The highest BCUT2D eigenvalue weighted by Gasteiger charge is 2.08. The molecule has 0 saturated heterocycles. The van der Waals surface area contributed by atoms with Gasteiger partial charge >= 0.3 is 0 Å². The number of hydrogen-bond acceptors (Lipinski definition) is 3. The first-order valence-electron chi connectivity index (χ1n) is 6.40. The molecule has 0 atom stereocenters. The Balaban J connectivity index is 2.18. The Labute approximate surface area is 135 Å². The first-order chi connectivity index (χ1) is 11.0. The van der Waals surface area contributed by atoms with Crippen LogP contribution in [0.2, 0.25) is 0 Å². The van der Waals surface area contributed by atoms with Crippen LogP contribution in [0.15, 0.2) is 41.5 Å². The third-order valence-electron chi connectivity index (χ3n) is 2.74. The average molecular weight is 339 g/mol. The highest BCUT2D eigenvalue weighted by atomic mass is 32.1. The van der Waals surface area contributed by atoms with Gasteiger partial charge in [-0.05, 0) is 42.5 Å². The minimum absolute atomic E-state index is 0.0124. The summed E-state index contributed by atoms with van der Waals surface area (Å²) in [6, 6.07) is 6.74. The quantitative estimate of drug-likeness (QED) is 0.500. The molecule has 8 heteroatoms. The highest BCUT2D eigenvalue weighted by molar-refractivity contribution is 7.80. The fourth-order valence-corrected chi connectivity index (χ4v) is 1.77. The van der Waals surface area contributed by atoms with E-state index in [4.69, 9.17) is 10.5 Å². The standard InChI is InChI=1S/C15H12F3N3OS/c16-11-3-4-13(18)10(5-11)8-22-14-6-12(17)2-1-9(14)7-20-21-15(19)23/h1-7H,8H2,(H3,19,21,23). The van der Waals surface area contributed by atoms with Gasteiger partial charge in [0.2, 0.25) is 0 Å². The van der Waals surface area contributed by atoms with Gasteiger partial charge in [-0.25, -0.2) is 13.2 Å². The van der Waals surface area contributed by atoms with Gasteiger partial charge in [0.05, 0.1) is 6.21 Å². The minimum atomic E-state index is -0.617. The fourth-order valence-electron chi connectivity index (χ4n) is 1.71. The van der Waals surface area contributed by atoms with E-state index in [-0.39, 0.29) is 23.0 Å². The summed E-state index contributed by atoms with van der Waals surface area (Å²) in [6.07, 6.45) is 1.32. The summed E-state index contributed by atoms with van der Waals surface area (Å²) >= 11 is 4.59. The Morgan fingerprint density at radius 1 is 1.17 bits per heavy atom. The number of hydrazone groups is 1. The van der Waals surface area contributed by atoms with E-state index < -0.39 is 17.5 Å². The van der Waals surface area contributed by atoms with Gasteiger partial charge < -0.3 is 10.5 Å². The molecule has 0 saturated carbocycles. The van der Waals surface area contributed by atoms with E-state index in [1.807, 2.05) is 0 Å². The van der Waals surface area contributed by atoms with Gasteiger partial charge in [-0.3, -0.25) is 5.43 Å². The Hall–Kier alpha value is -2.61. The monoisotopic (exact) mass is 339 g/mol. The van der Waals surface area contributed by atoms with Crippen molar-refractivity contribution >= 4 is 23.5 Å². The molecule has 0 unspecified atom stereocenters. The van der Waals surface area contributed by atoms with Gasteiger partial charge in [-0.15, -0.1) is 0 Å². The van der Waals surface area contributed by atoms with Gasteiger partial charge in [0, 0.05) is 17.2 Å². The molecule has 0 aliphatic rings. The maximum absolute atomic E-state index is 13.6. The van der Waals surface area contributed by atoms with Crippen LogP contribution in [0, 0.1) is 17.5 Å². The van der Waals surface area contributed by atoms with E-state index >= 15 is 0 Å². The van der Waals surface area contributed by atoms with Crippen LogP contribution in [0.5, 0.6) is 5.75 Å². The summed E-state index contributed by atoms with van der Waals surface area (Å²) in [5, 5.41) is 3.71. The Kier molecular flexibility index (Phi) is 5.53. The lowest BCUT2D eigenvalue weighted by molar-refractivity contribution is 0.297. The molecule has 0 heterocycles. The first-order valence-corrected chi connectivity index (χ1v) is 6.81. The second-order valence-corrected chi connectivity index (χ2v) is 4.88. The molecule has 0 aliphatic heterocycles. The number of ether oxygens (including phenoxy) is 1. The van der Waals surface area contributed by atoms with Crippen LogP contribution in [0.4, 0.5) is 13.2 Å². The summed E-state index contributed by atoms with van der Waals surface area (Å²) in [7, 11) is 0. The molecule has 0 bridgehead atoms.